The zero-order valence-electron chi connectivity index (χ0n) is 12.7. The molecule has 3 rings (SSSR count). The van der Waals surface area contributed by atoms with E-state index in [1.807, 2.05) is 13.0 Å². The normalized spacial score (nSPS) is 17.0. The first-order chi connectivity index (χ1) is 10.1. The number of nitrogen functional groups attached to an aromatic ring is 2. The van der Waals surface area contributed by atoms with E-state index >= 15 is 0 Å². The van der Waals surface area contributed by atoms with Crippen LogP contribution in [0.3, 0.4) is 0 Å². The predicted octanol–water partition coefficient (Wildman–Crippen LogP) is 4.21. The molecule has 2 heteroatoms. The van der Waals surface area contributed by atoms with Crippen LogP contribution in [-0.4, -0.2) is 0 Å². The average Bonchev–Trinajstić information content (AvgIpc) is 2.95. The van der Waals surface area contributed by atoms with Gasteiger partial charge in [-0.1, -0.05) is 49.2 Å². The van der Waals surface area contributed by atoms with Gasteiger partial charge in [0.2, 0.25) is 0 Å². The van der Waals surface area contributed by atoms with Gasteiger partial charge < -0.3 is 11.5 Å². The van der Waals surface area contributed by atoms with Crippen LogP contribution in [0.15, 0.2) is 42.5 Å². The topological polar surface area (TPSA) is 52.0 Å². The van der Waals surface area contributed by atoms with E-state index in [0.717, 1.165) is 23.4 Å². The Labute approximate surface area is 127 Å². The summed E-state index contributed by atoms with van der Waals surface area (Å²) in [5.41, 5.74) is 18.0. The number of hydrogen-bond acceptors (Lipinski definition) is 2. The van der Waals surface area contributed by atoms with Gasteiger partial charge >= 0.3 is 0 Å². The van der Waals surface area contributed by atoms with Gasteiger partial charge in [0.05, 0.1) is 0 Å². The van der Waals surface area contributed by atoms with Crippen LogP contribution in [0, 0.1) is 6.92 Å². The van der Waals surface area contributed by atoms with Gasteiger partial charge in [-0.3, -0.25) is 0 Å². The molecule has 0 spiro atoms. The maximum absolute atomic E-state index is 6.42. The van der Waals surface area contributed by atoms with E-state index in [2.05, 4.69) is 36.4 Å². The van der Waals surface area contributed by atoms with Crippen molar-refractivity contribution < 1.29 is 0 Å². The molecule has 2 aromatic carbocycles. The number of hydrogen-bond donors (Lipinski definition) is 2. The Bertz CT molecular complexity index is 626. The Kier molecular flexibility index (Phi) is 3.62. The van der Waals surface area contributed by atoms with E-state index in [1.54, 1.807) is 0 Å². The largest absolute Gasteiger partial charge is 0.398 e. The van der Waals surface area contributed by atoms with E-state index < -0.39 is 0 Å². The first-order valence-electron chi connectivity index (χ1n) is 7.81. The third-order valence-electron chi connectivity index (χ3n) is 5.07. The summed E-state index contributed by atoms with van der Waals surface area (Å²) in [5.74, 6) is 0. The van der Waals surface area contributed by atoms with Crippen molar-refractivity contribution in [3.05, 3.63) is 59.2 Å². The molecule has 4 N–H and O–H groups in total. The Hall–Kier alpha value is -1.96. The summed E-state index contributed by atoms with van der Waals surface area (Å²) < 4.78 is 0. The average molecular weight is 280 g/mol. The third kappa shape index (κ3) is 2.51. The predicted molar refractivity (Wildman–Crippen MR) is 90.3 cm³/mol. The summed E-state index contributed by atoms with van der Waals surface area (Å²) in [4.78, 5) is 0. The van der Waals surface area contributed by atoms with Gasteiger partial charge in [-0.25, -0.2) is 0 Å². The molecule has 1 aliphatic rings. The van der Waals surface area contributed by atoms with Gasteiger partial charge in [-0.05, 0) is 48.9 Å². The molecule has 110 valence electrons. The molecule has 2 nitrogen and oxygen atoms in total. The van der Waals surface area contributed by atoms with Crippen LogP contribution in [0.1, 0.15) is 42.4 Å². The molecule has 0 atom stereocenters. The summed E-state index contributed by atoms with van der Waals surface area (Å²) in [6, 6.07) is 14.9. The second-order valence-corrected chi connectivity index (χ2v) is 6.39. The number of rotatable bonds is 3. The van der Waals surface area contributed by atoms with Crippen molar-refractivity contribution in [1.82, 2.24) is 0 Å². The minimum absolute atomic E-state index is 0.184. The van der Waals surface area contributed by atoms with Crippen molar-refractivity contribution in [3.8, 4) is 0 Å². The van der Waals surface area contributed by atoms with Gasteiger partial charge in [0, 0.05) is 16.8 Å². The maximum Gasteiger partial charge on any atom is 0.0402 e. The van der Waals surface area contributed by atoms with Crippen molar-refractivity contribution in [1.29, 1.82) is 0 Å². The molecule has 0 bridgehead atoms. The van der Waals surface area contributed by atoms with Crippen molar-refractivity contribution >= 4 is 11.4 Å². The van der Waals surface area contributed by atoms with Crippen molar-refractivity contribution in [2.24, 2.45) is 0 Å². The molecule has 0 saturated heterocycles. The van der Waals surface area contributed by atoms with Crippen molar-refractivity contribution in [3.63, 3.8) is 0 Å². The van der Waals surface area contributed by atoms with Crippen LogP contribution in [0.5, 0.6) is 0 Å². The van der Waals surface area contributed by atoms with Gasteiger partial charge in [-0.2, -0.15) is 0 Å². The molecule has 2 aromatic rings. The van der Waals surface area contributed by atoms with E-state index in [0.29, 0.717) is 0 Å². The van der Waals surface area contributed by atoms with E-state index in [9.17, 15) is 0 Å². The van der Waals surface area contributed by atoms with E-state index in [4.69, 9.17) is 11.5 Å². The van der Waals surface area contributed by atoms with Gasteiger partial charge in [0.15, 0.2) is 0 Å². The minimum Gasteiger partial charge on any atom is -0.398 e. The highest BCUT2D eigenvalue weighted by Gasteiger charge is 2.37. The summed E-state index contributed by atoms with van der Waals surface area (Å²) in [6.45, 7) is 2.03. The highest BCUT2D eigenvalue weighted by atomic mass is 14.6. The fourth-order valence-electron chi connectivity index (χ4n) is 3.79. The third-order valence-corrected chi connectivity index (χ3v) is 5.07. The first-order valence-corrected chi connectivity index (χ1v) is 7.81. The standard InChI is InChI=1S/C19H24N2/c1-14-17(20)10-9-16(18(14)21)19(11-5-6-12-19)13-15-7-3-2-4-8-15/h2-4,7-10H,5-6,11-13,20-21H2,1H3. The number of nitrogens with two attached hydrogens (primary N) is 2. The highest BCUT2D eigenvalue weighted by molar-refractivity contribution is 5.66. The number of benzene rings is 2. The van der Waals surface area contributed by atoms with Crippen LogP contribution in [0.2, 0.25) is 0 Å². The molecule has 0 radical (unpaired) electrons. The van der Waals surface area contributed by atoms with Crippen LogP contribution < -0.4 is 11.5 Å². The molecule has 0 amide bonds. The Morgan fingerprint density at radius 3 is 2.29 bits per heavy atom. The summed E-state index contributed by atoms with van der Waals surface area (Å²) in [5, 5.41) is 0. The second kappa shape index (κ2) is 5.44. The van der Waals surface area contributed by atoms with E-state index in [-0.39, 0.29) is 5.41 Å². The lowest BCUT2D eigenvalue weighted by Gasteiger charge is -2.32. The molecule has 1 aliphatic carbocycles. The molecule has 0 aromatic heterocycles. The monoisotopic (exact) mass is 280 g/mol. The Morgan fingerprint density at radius 2 is 1.62 bits per heavy atom. The molecule has 0 aliphatic heterocycles. The van der Waals surface area contributed by atoms with Crippen molar-refractivity contribution in [2.45, 2.75) is 44.4 Å². The molecule has 1 saturated carbocycles. The van der Waals surface area contributed by atoms with Crippen molar-refractivity contribution in [2.75, 3.05) is 11.5 Å². The zero-order valence-corrected chi connectivity index (χ0v) is 12.7. The summed E-state index contributed by atoms with van der Waals surface area (Å²) in [7, 11) is 0. The quantitative estimate of drug-likeness (QED) is 0.827. The molecular formula is C19H24N2. The molecule has 0 heterocycles. The fourth-order valence-corrected chi connectivity index (χ4v) is 3.79. The van der Waals surface area contributed by atoms with E-state index in [1.165, 1.54) is 36.8 Å². The molecule has 21 heavy (non-hydrogen) atoms. The van der Waals surface area contributed by atoms with Crippen LogP contribution >= 0.6 is 0 Å². The van der Waals surface area contributed by atoms with Crippen LogP contribution in [-0.2, 0) is 11.8 Å². The fraction of sp³-hybridized carbons (Fsp3) is 0.368. The second-order valence-electron chi connectivity index (χ2n) is 6.39. The SMILES string of the molecule is Cc1c(N)ccc(C2(Cc3ccccc3)CCCC2)c1N. The lowest BCUT2D eigenvalue weighted by molar-refractivity contribution is 0.439. The smallest absolute Gasteiger partial charge is 0.0402 e. The highest BCUT2D eigenvalue weighted by Crippen LogP contribution is 2.46. The maximum atomic E-state index is 6.42. The van der Waals surface area contributed by atoms with Gasteiger partial charge in [-0.15, -0.1) is 0 Å². The van der Waals surface area contributed by atoms with Crippen LogP contribution in [0.25, 0.3) is 0 Å². The Morgan fingerprint density at radius 1 is 0.952 bits per heavy atom. The lowest BCUT2D eigenvalue weighted by atomic mass is 9.73. The molecular weight excluding hydrogens is 256 g/mol. The molecule has 1 fully saturated rings. The minimum atomic E-state index is 0.184. The first kappa shape index (κ1) is 14.0. The Balaban J connectivity index is 2.04. The summed E-state index contributed by atoms with van der Waals surface area (Å²) >= 11 is 0. The molecule has 0 unspecified atom stereocenters. The van der Waals surface area contributed by atoms with Gasteiger partial charge in [0.1, 0.15) is 0 Å². The number of anilines is 2. The zero-order chi connectivity index (χ0) is 14.9. The van der Waals surface area contributed by atoms with Gasteiger partial charge in [0.25, 0.3) is 0 Å². The van der Waals surface area contributed by atoms with Crippen LogP contribution in [0.4, 0.5) is 11.4 Å². The lowest BCUT2D eigenvalue weighted by Crippen LogP contribution is -2.27. The summed E-state index contributed by atoms with van der Waals surface area (Å²) in [6.07, 6.45) is 6.08.